The highest BCUT2D eigenvalue weighted by Crippen LogP contribution is 2.52. The van der Waals surface area contributed by atoms with E-state index in [2.05, 4.69) is 4.98 Å². The number of carbonyl (C=O) groups is 3. The highest BCUT2D eigenvalue weighted by molar-refractivity contribution is 8.00. The Morgan fingerprint density at radius 2 is 1.92 bits per heavy atom. The van der Waals surface area contributed by atoms with Crippen molar-refractivity contribution < 1.29 is 19.1 Å². The van der Waals surface area contributed by atoms with E-state index in [-0.39, 0.29) is 29.1 Å². The van der Waals surface area contributed by atoms with Gasteiger partial charge in [-0.2, -0.15) is 0 Å². The number of thiazole rings is 1. The SMILES string of the molecule is CC1(C)c2sc(=O)[nH]c2S[C@H]2C(=O)N(CC(=O)N3CCOCC3)C(=O)[C@H]21. The Hall–Kier alpha value is -1.65. The predicted molar refractivity (Wildman–Crippen MR) is 95.2 cm³/mol. The van der Waals surface area contributed by atoms with Gasteiger partial charge in [-0.15, -0.1) is 0 Å². The number of hydrogen-bond acceptors (Lipinski definition) is 7. The summed E-state index contributed by atoms with van der Waals surface area (Å²) in [4.78, 5) is 56.2. The molecule has 0 aromatic carbocycles. The first-order valence-corrected chi connectivity index (χ1v) is 10.1. The number of likely N-dealkylation sites (tertiary alicyclic amines) is 1. The number of nitrogens with zero attached hydrogens (tertiary/aromatic N) is 2. The molecular formula is C16H19N3O5S2. The van der Waals surface area contributed by atoms with Crippen LogP contribution in [0.5, 0.6) is 0 Å². The Morgan fingerprint density at radius 3 is 2.62 bits per heavy atom. The summed E-state index contributed by atoms with van der Waals surface area (Å²) in [5, 5.41) is 0.0569. The Balaban J connectivity index is 1.59. The van der Waals surface area contributed by atoms with E-state index in [0.717, 1.165) is 21.1 Å². The number of fused-ring (bicyclic) bond motifs is 2. The number of imide groups is 1. The van der Waals surface area contributed by atoms with Gasteiger partial charge in [0.2, 0.25) is 17.7 Å². The van der Waals surface area contributed by atoms with E-state index in [1.807, 2.05) is 13.8 Å². The molecule has 2 saturated heterocycles. The average molecular weight is 397 g/mol. The van der Waals surface area contributed by atoms with Crippen molar-refractivity contribution >= 4 is 40.8 Å². The molecule has 0 bridgehead atoms. The van der Waals surface area contributed by atoms with Crippen LogP contribution in [-0.4, -0.2) is 70.6 Å². The van der Waals surface area contributed by atoms with Gasteiger partial charge in [0, 0.05) is 23.4 Å². The molecule has 2 atom stereocenters. The maximum absolute atomic E-state index is 13.0. The lowest BCUT2D eigenvalue weighted by Gasteiger charge is -2.36. The van der Waals surface area contributed by atoms with Crippen LogP contribution in [0.2, 0.25) is 0 Å². The minimum atomic E-state index is -0.640. The number of aromatic nitrogens is 1. The van der Waals surface area contributed by atoms with Crippen LogP contribution in [0.15, 0.2) is 9.82 Å². The fourth-order valence-electron chi connectivity index (χ4n) is 3.80. The standard InChI is InChI=1S/C16H19N3O5S2/c1-16(2)9-10(25-12-11(16)26-15(23)17-12)14(22)19(13(9)21)7-8(20)18-3-5-24-6-4-18/h9-10H,3-7H2,1-2H3,(H,17,23)/t9-,10+/m0/s1. The fraction of sp³-hybridized carbons (Fsp3) is 0.625. The second-order valence-corrected chi connectivity index (χ2v) is 9.30. The first kappa shape index (κ1) is 17.7. The van der Waals surface area contributed by atoms with Crippen LogP contribution in [-0.2, 0) is 24.5 Å². The van der Waals surface area contributed by atoms with Gasteiger partial charge < -0.3 is 14.6 Å². The number of morpholine rings is 1. The zero-order valence-corrected chi connectivity index (χ0v) is 16.1. The van der Waals surface area contributed by atoms with Gasteiger partial charge in [-0.3, -0.25) is 24.1 Å². The number of carbonyl (C=O) groups excluding carboxylic acids is 3. The molecule has 4 rings (SSSR count). The number of hydrogen-bond donors (Lipinski definition) is 1. The zero-order chi connectivity index (χ0) is 18.6. The van der Waals surface area contributed by atoms with Crippen molar-refractivity contribution in [3.8, 4) is 0 Å². The Bertz CT molecular complexity index is 839. The minimum Gasteiger partial charge on any atom is -0.378 e. The highest BCUT2D eigenvalue weighted by atomic mass is 32.2. The van der Waals surface area contributed by atoms with Crippen molar-refractivity contribution in [1.82, 2.24) is 14.8 Å². The van der Waals surface area contributed by atoms with Gasteiger partial charge in [-0.25, -0.2) is 0 Å². The molecule has 4 heterocycles. The van der Waals surface area contributed by atoms with Crippen molar-refractivity contribution in [2.45, 2.75) is 29.5 Å². The molecule has 0 radical (unpaired) electrons. The lowest BCUT2D eigenvalue weighted by atomic mass is 9.76. The normalized spacial score (nSPS) is 27.5. The summed E-state index contributed by atoms with van der Waals surface area (Å²) >= 11 is 2.31. The first-order chi connectivity index (χ1) is 12.3. The number of thioether (sulfide) groups is 1. The van der Waals surface area contributed by atoms with E-state index >= 15 is 0 Å². The van der Waals surface area contributed by atoms with Crippen molar-refractivity contribution in [2.75, 3.05) is 32.8 Å². The smallest absolute Gasteiger partial charge is 0.305 e. The molecule has 3 aliphatic rings. The third-order valence-electron chi connectivity index (χ3n) is 5.23. The molecule has 0 saturated carbocycles. The number of aromatic amines is 1. The predicted octanol–water partition coefficient (Wildman–Crippen LogP) is 0.0321. The molecule has 3 amide bonds. The van der Waals surface area contributed by atoms with E-state index in [4.69, 9.17) is 4.74 Å². The Labute approximate surface area is 157 Å². The van der Waals surface area contributed by atoms with Gasteiger partial charge in [0.15, 0.2) is 0 Å². The molecule has 140 valence electrons. The van der Waals surface area contributed by atoms with Crippen molar-refractivity contribution in [3.05, 3.63) is 14.5 Å². The van der Waals surface area contributed by atoms with E-state index < -0.39 is 16.6 Å². The van der Waals surface area contributed by atoms with E-state index in [1.54, 1.807) is 4.90 Å². The molecular weight excluding hydrogens is 378 g/mol. The third kappa shape index (κ3) is 2.62. The van der Waals surface area contributed by atoms with E-state index in [1.165, 1.54) is 11.8 Å². The zero-order valence-electron chi connectivity index (χ0n) is 14.4. The second kappa shape index (κ2) is 6.21. The van der Waals surface area contributed by atoms with Crippen LogP contribution in [0.25, 0.3) is 0 Å². The summed E-state index contributed by atoms with van der Waals surface area (Å²) in [6.07, 6.45) is 0. The van der Waals surface area contributed by atoms with Crippen LogP contribution < -0.4 is 4.87 Å². The number of H-pyrrole nitrogens is 1. The Morgan fingerprint density at radius 1 is 1.23 bits per heavy atom. The molecule has 2 fully saturated rings. The number of amides is 3. The van der Waals surface area contributed by atoms with Gasteiger partial charge in [-0.1, -0.05) is 36.9 Å². The topological polar surface area (TPSA) is 99.8 Å². The molecule has 10 heteroatoms. The summed E-state index contributed by atoms with van der Waals surface area (Å²) in [5.74, 6) is -1.49. The van der Waals surface area contributed by atoms with Gasteiger partial charge in [0.25, 0.3) is 0 Å². The molecule has 26 heavy (non-hydrogen) atoms. The van der Waals surface area contributed by atoms with E-state index in [9.17, 15) is 19.2 Å². The third-order valence-corrected chi connectivity index (χ3v) is 7.85. The van der Waals surface area contributed by atoms with Crippen molar-refractivity contribution in [1.29, 1.82) is 0 Å². The van der Waals surface area contributed by atoms with Gasteiger partial charge in [0.1, 0.15) is 11.8 Å². The van der Waals surface area contributed by atoms with Crippen molar-refractivity contribution in [3.63, 3.8) is 0 Å². The van der Waals surface area contributed by atoms with Crippen molar-refractivity contribution in [2.24, 2.45) is 5.92 Å². The Kier molecular flexibility index (Phi) is 4.24. The number of rotatable bonds is 2. The molecule has 1 aromatic heterocycles. The number of nitrogens with one attached hydrogen (secondary N) is 1. The molecule has 0 spiro atoms. The summed E-state index contributed by atoms with van der Waals surface area (Å²) in [7, 11) is 0. The minimum absolute atomic E-state index is 0.185. The molecule has 3 aliphatic heterocycles. The first-order valence-electron chi connectivity index (χ1n) is 8.41. The molecule has 1 N–H and O–H groups in total. The lowest BCUT2D eigenvalue weighted by molar-refractivity contribution is -0.148. The maximum atomic E-state index is 13.0. The van der Waals surface area contributed by atoms with Gasteiger partial charge in [0.05, 0.1) is 24.2 Å². The second-order valence-electron chi connectivity index (χ2n) is 7.17. The average Bonchev–Trinajstić information content (AvgIpc) is 3.09. The molecule has 0 unspecified atom stereocenters. The van der Waals surface area contributed by atoms with E-state index in [0.29, 0.717) is 31.3 Å². The maximum Gasteiger partial charge on any atom is 0.305 e. The van der Waals surface area contributed by atoms with Crippen LogP contribution in [0.4, 0.5) is 0 Å². The van der Waals surface area contributed by atoms with Gasteiger partial charge >= 0.3 is 4.87 Å². The molecule has 0 aliphatic carbocycles. The lowest BCUT2D eigenvalue weighted by Crippen LogP contribution is -2.47. The largest absolute Gasteiger partial charge is 0.378 e. The summed E-state index contributed by atoms with van der Waals surface area (Å²) < 4.78 is 5.23. The quantitative estimate of drug-likeness (QED) is 0.707. The van der Waals surface area contributed by atoms with Gasteiger partial charge in [-0.05, 0) is 0 Å². The van der Waals surface area contributed by atoms with Crippen LogP contribution in [0, 0.1) is 5.92 Å². The van der Waals surface area contributed by atoms with Crippen LogP contribution >= 0.6 is 23.1 Å². The van der Waals surface area contributed by atoms with Crippen LogP contribution in [0.1, 0.15) is 18.7 Å². The summed E-state index contributed by atoms with van der Waals surface area (Å²) in [6, 6.07) is 0. The fourth-order valence-corrected chi connectivity index (χ4v) is 6.60. The highest BCUT2D eigenvalue weighted by Gasteiger charge is 2.59. The summed E-state index contributed by atoms with van der Waals surface area (Å²) in [6.45, 7) is 5.41. The molecule has 1 aromatic rings. The number of ether oxygens (including phenoxy) is 1. The molecule has 8 nitrogen and oxygen atoms in total. The summed E-state index contributed by atoms with van der Waals surface area (Å²) in [5.41, 5.74) is -0.640. The van der Waals surface area contributed by atoms with Crippen LogP contribution in [0.3, 0.4) is 0 Å². The monoisotopic (exact) mass is 397 g/mol.